The van der Waals surface area contributed by atoms with Crippen molar-refractivity contribution in [1.82, 2.24) is 0 Å². The van der Waals surface area contributed by atoms with Crippen LogP contribution in [0.3, 0.4) is 0 Å². The molecule has 0 rings (SSSR count). The first-order chi connectivity index (χ1) is 4.22. The Morgan fingerprint density at radius 2 is 2.22 bits per heavy atom. The third-order valence-electron chi connectivity index (χ3n) is 1.40. The first kappa shape index (κ1) is 9.43. The number of rotatable bonds is 3. The Kier molecular flexibility index (Phi) is 5.48. The molecule has 2 heteroatoms. The quantitative estimate of drug-likeness (QED) is 0.750. The van der Waals surface area contributed by atoms with E-state index in [1.165, 1.54) is 0 Å². The van der Waals surface area contributed by atoms with E-state index in [0.29, 0.717) is 5.92 Å². The van der Waals surface area contributed by atoms with Crippen molar-refractivity contribution in [3.05, 3.63) is 10.2 Å². The van der Waals surface area contributed by atoms with Gasteiger partial charge in [-0.05, 0) is 10.5 Å². The van der Waals surface area contributed by atoms with Crippen molar-refractivity contribution in [2.24, 2.45) is 5.92 Å². The molecule has 0 aliphatic rings. The second kappa shape index (κ2) is 5.23. The average Bonchev–Trinajstić information content (AvgIpc) is 1.87. The SMILES string of the molecule is CC[C@@H](O)[C@H](C)/C=C/I. The van der Waals surface area contributed by atoms with Crippen LogP contribution in [0.25, 0.3) is 0 Å². The molecule has 0 fully saturated rings. The zero-order valence-electron chi connectivity index (χ0n) is 5.84. The smallest absolute Gasteiger partial charge is 0.0597 e. The summed E-state index contributed by atoms with van der Waals surface area (Å²) in [6.45, 7) is 4.01. The van der Waals surface area contributed by atoms with Crippen LogP contribution in [0.2, 0.25) is 0 Å². The molecule has 0 spiro atoms. The second-order valence-corrected chi connectivity index (χ2v) is 2.87. The first-order valence-electron chi connectivity index (χ1n) is 3.17. The summed E-state index contributed by atoms with van der Waals surface area (Å²) in [5.41, 5.74) is 0. The monoisotopic (exact) mass is 240 g/mol. The fraction of sp³-hybridized carbons (Fsp3) is 0.714. The summed E-state index contributed by atoms with van der Waals surface area (Å²) < 4.78 is 1.95. The lowest BCUT2D eigenvalue weighted by Gasteiger charge is -2.11. The summed E-state index contributed by atoms with van der Waals surface area (Å²) >= 11 is 2.16. The molecule has 0 aromatic rings. The van der Waals surface area contributed by atoms with Crippen LogP contribution in [0.5, 0.6) is 0 Å². The molecule has 1 N–H and O–H groups in total. The van der Waals surface area contributed by atoms with Gasteiger partial charge in [0, 0.05) is 5.92 Å². The average molecular weight is 240 g/mol. The van der Waals surface area contributed by atoms with Gasteiger partial charge in [0.05, 0.1) is 6.10 Å². The van der Waals surface area contributed by atoms with E-state index in [4.69, 9.17) is 0 Å². The molecular weight excluding hydrogens is 227 g/mol. The van der Waals surface area contributed by atoms with E-state index in [-0.39, 0.29) is 6.10 Å². The van der Waals surface area contributed by atoms with E-state index in [9.17, 15) is 5.11 Å². The summed E-state index contributed by atoms with van der Waals surface area (Å²) in [6, 6.07) is 0. The summed E-state index contributed by atoms with van der Waals surface area (Å²) in [4.78, 5) is 0. The molecule has 1 nitrogen and oxygen atoms in total. The molecule has 0 unspecified atom stereocenters. The van der Waals surface area contributed by atoms with Gasteiger partial charge in [-0.15, -0.1) is 0 Å². The van der Waals surface area contributed by atoms with Crippen LogP contribution in [0.1, 0.15) is 20.3 Å². The van der Waals surface area contributed by atoms with E-state index >= 15 is 0 Å². The van der Waals surface area contributed by atoms with Gasteiger partial charge in [-0.1, -0.05) is 42.5 Å². The Morgan fingerprint density at radius 1 is 1.67 bits per heavy atom. The number of aliphatic hydroxyl groups is 1. The molecule has 0 saturated heterocycles. The zero-order chi connectivity index (χ0) is 7.28. The number of hydrogen-bond donors (Lipinski definition) is 1. The fourth-order valence-electron chi connectivity index (χ4n) is 0.615. The minimum Gasteiger partial charge on any atom is -0.393 e. The van der Waals surface area contributed by atoms with E-state index < -0.39 is 0 Å². The molecule has 0 amide bonds. The molecule has 54 valence electrons. The molecule has 0 aromatic carbocycles. The number of aliphatic hydroxyl groups excluding tert-OH is 1. The Labute approximate surface area is 70.3 Å². The van der Waals surface area contributed by atoms with E-state index in [1.54, 1.807) is 0 Å². The second-order valence-electron chi connectivity index (χ2n) is 2.15. The normalized spacial score (nSPS) is 18.2. The minimum atomic E-state index is -0.170. The maximum absolute atomic E-state index is 9.20. The first-order valence-corrected chi connectivity index (χ1v) is 4.41. The molecule has 0 aliphatic heterocycles. The van der Waals surface area contributed by atoms with Gasteiger partial charge in [-0.2, -0.15) is 0 Å². The Hall–Kier alpha value is 0.430. The van der Waals surface area contributed by atoms with Crippen LogP contribution in [-0.4, -0.2) is 11.2 Å². The molecule has 2 atom stereocenters. The summed E-state index contributed by atoms with van der Waals surface area (Å²) in [7, 11) is 0. The van der Waals surface area contributed by atoms with Crippen LogP contribution in [0, 0.1) is 5.92 Å². The zero-order valence-corrected chi connectivity index (χ0v) is 8.00. The van der Waals surface area contributed by atoms with Crippen molar-refractivity contribution in [2.75, 3.05) is 0 Å². The molecule has 0 aliphatic carbocycles. The molecule has 0 heterocycles. The standard InChI is InChI=1S/C7H13IO/c1-3-7(9)6(2)4-5-8/h4-7,9H,3H2,1-2H3/b5-4+/t6-,7-/m1/s1. The van der Waals surface area contributed by atoms with Gasteiger partial charge in [0.1, 0.15) is 0 Å². The van der Waals surface area contributed by atoms with Crippen molar-refractivity contribution in [2.45, 2.75) is 26.4 Å². The Morgan fingerprint density at radius 3 is 2.56 bits per heavy atom. The van der Waals surface area contributed by atoms with Crippen molar-refractivity contribution in [3.8, 4) is 0 Å². The lowest BCUT2D eigenvalue weighted by molar-refractivity contribution is 0.134. The van der Waals surface area contributed by atoms with Crippen molar-refractivity contribution in [1.29, 1.82) is 0 Å². The topological polar surface area (TPSA) is 20.2 Å². The number of hydrogen-bond acceptors (Lipinski definition) is 1. The van der Waals surface area contributed by atoms with E-state index in [1.807, 2.05) is 24.0 Å². The third kappa shape index (κ3) is 3.92. The van der Waals surface area contributed by atoms with Gasteiger partial charge in [-0.25, -0.2) is 0 Å². The van der Waals surface area contributed by atoms with Crippen LogP contribution in [-0.2, 0) is 0 Å². The van der Waals surface area contributed by atoms with Gasteiger partial charge >= 0.3 is 0 Å². The van der Waals surface area contributed by atoms with Crippen LogP contribution >= 0.6 is 22.6 Å². The van der Waals surface area contributed by atoms with E-state index in [0.717, 1.165) is 6.42 Å². The largest absolute Gasteiger partial charge is 0.393 e. The highest BCUT2D eigenvalue weighted by Crippen LogP contribution is 2.08. The van der Waals surface area contributed by atoms with Gasteiger partial charge in [0.25, 0.3) is 0 Å². The van der Waals surface area contributed by atoms with Gasteiger partial charge in [-0.3, -0.25) is 0 Å². The van der Waals surface area contributed by atoms with Crippen molar-refractivity contribution >= 4 is 22.6 Å². The maximum Gasteiger partial charge on any atom is 0.0597 e. The van der Waals surface area contributed by atoms with Crippen molar-refractivity contribution in [3.63, 3.8) is 0 Å². The van der Waals surface area contributed by atoms with Crippen molar-refractivity contribution < 1.29 is 5.11 Å². The molecule has 0 aromatic heterocycles. The lowest BCUT2D eigenvalue weighted by atomic mass is 10.0. The summed E-state index contributed by atoms with van der Waals surface area (Å²) in [6.07, 6.45) is 2.67. The molecule has 0 radical (unpaired) electrons. The highest BCUT2D eigenvalue weighted by atomic mass is 127. The maximum atomic E-state index is 9.20. The summed E-state index contributed by atoms with van der Waals surface area (Å²) in [5, 5.41) is 9.20. The highest BCUT2D eigenvalue weighted by molar-refractivity contribution is 14.1. The minimum absolute atomic E-state index is 0.170. The lowest BCUT2D eigenvalue weighted by Crippen LogP contribution is -2.13. The Balaban J connectivity index is 3.58. The number of halogens is 1. The molecule has 0 saturated carbocycles. The van der Waals surface area contributed by atoms with Crippen LogP contribution in [0.15, 0.2) is 10.2 Å². The van der Waals surface area contributed by atoms with Crippen LogP contribution < -0.4 is 0 Å². The molecule has 0 bridgehead atoms. The highest BCUT2D eigenvalue weighted by Gasteiger charge is 2.06. The predicted molar refractivity (Wildman–Crippen MR) is 48.6 cm³/mol. The third-order valence-corrected chi connectivity index (χ3v) is 1.82. The fourth-order valence-corrected chi connectivity index (χ4v) is 1.27. The van der Waals surface area contributed by atoms with E-state index in [2.05, 4.69) is 22.6 Å². The Bertz CT molecular complexity index is 90.9. The predicted octanol–water partition coefficient (Wildman–Crippen LogP) is 2.34. The van der Waals surface area contributed by atoms with Gasteiger partial charge in [0.15, 0.2) is 0 Å². The van der Waals surface area contributed by atoms with Crippen LogP contribution in [0.4, 0.5) is 0 Å². The van der Waals surface area contributed by atoms with Gasteiger partial charge < -0.3 is 5.11 Å². The summed E-state index contributed by atoms with van der Waals surface area (Å²) in [5.74, 6) is 0.298. The van der Waals surface area contributed by atoms with Gasteiger partial charge in [0.2, 0.25) is 0 Å². The molecular formula is C7H13IO. The molecule has 9 heavy (non-hydrogen) atoms.